The standard InChI is InChI=1S/C19H20N4O2/c1-12(2)8-14-15(21-11-20-14)10-17-19(25)22-16(18(24)23-17)9-13-6-4-3-5-7-13/h3-7,9-12H,8H2,1-2H3,(H,20,21)(H,22,25)(H,23,24). The molecule has 2 aromatic heterocycles. The normalized spacial score (nSPS) is 12.9. The monoisotopic (exact) mass is 336 g/mol. The molecule has 0 radical (unpaired) electrons. The largest absolute Gasteiger partial charge is 0.348 e. The van der Waals surface area contributed by atoms with Crippen molar-refractivity contribution in [1.82, 2.24) is 19.9 Å². The molecule has 3 N–H and O–H groups in total. The summed E-state index contributed by atoms with van der Waals surface area (Å²) < 4.78 is 0. The van der Waals surface area contributed by atoms with Crippen LogP contribution in [0.2, 0.25) is 0 Å². The van der Waals surface area contributed by atoms with Gasteiger partial charge in [-0.15, -0.1) is 0 Å². The van der Waals surface area contributed by atoms with E-state index in [1.165, 1.54) is 0 Å². The van der Waals surface area contributed by atoms with Gasteiger partial charge < -0.3 is 15.0 Å². The number of hydrogen-bond donors (Lipinski definition) is 3. The minimum Gasteiger partial charge on any atom is -0.348 e. The van der Waals surface area contributed by atoms with E-state index in [-0.39, 0.29) is 21.8 Å². The Bertz CT molecular complexity index is 1090. The van der Waals surface area contributed by atoms with E-state index in [0.29, 0.717) is 11.6 Å². The lowest BCUT2D eigenvalue weighted by Crippen LogP contribution is -2.46. The third-order valence-electron chi connectivity index (χ3n) is 3.74. The van der Waals surface area contributed by atoms with Crippen LogP contribution in [0.3, 0.4) is 0 Å². The first-order valence-electron chi connectivity index (χ1n) is 8.16. The molecule has 2 heterocycles. The van der Waals surface area contributed by atoms with Crippen LogP contribution in [0, 0.1) is 5.92 Å². The van der Waals surface area contributed by atoms with Crippen LogP contribution in [-0.4, -0.2) is 19.9 Å². The molecule has 25 heavy (non-hydrogen) atoms. The number of benzene rings is 1. The van der Waals surface area contributed by atoms with E-state index < -0.39 is 0 Å². The molecule has 6 heteroatoms. The highest BCUT2D eigenvalue weighted by Gasteiger charge is 2.06. The summed E-state index contributed by atoms with van der Waals surface area (Å²) in [5, 5.41) is 0.407. The quantitative estimate of drug-likeness (QED) is 0.653. The van der Waals surface area contributed by atoms with E-state index in [0.717, 1.165) is 17.7 Å². The summed E-state index contributed by atoms with van der Waals surface area (Å²) in [4.78, 5) is 37.2. The number of hydrogen-bond acceptors (Lipinski definition) is 3. The maximum atomic E-state index is 12.3. The highest BCUT2D eigenvalue weighted by Crippen LogP contribution is 2.09. The molecule has 0 aliphatic heterocycles. The third kappa shape index (κ3) is 4.03. The second kappa shape index (κ2) is 7.17. The van der Waals surface area contributed by atoms with Gasteiger partial charge in [-0.3, -0.25) is 9.59 Å². The SMILES string of the molecule is CC(C)Cc1[nH]cnc1C=c1[nH]c(=O)c(=Cc2ccccc2)[nH]c1=O. The fourth-order valence-electron chi connectivity index (χ4n) is 2.58. The van der Waals surface area contributed by atoms with Gasteiger partial charge in [0.05, 0.1) is 12.0 Å². The van der Waals surface area contributed by atoms with E-state index in [4.69, 9.17) is 0 Å². The molecule has 0 aliphatic rings. The van der Waals surface area contributed by atoms with Crippen molar-refractivity contribution in [2.24, 2.45) is 5.92 Å². The highest BCUT2D eigenvalue weighted by atomic mass is 16.1. The van der Waals surface area contributed by atoms with E-state index >= 15 is 0 Å². The Hall–Kier alpha value is -3.15. The number of H-pyrrole nitrogens is 3. The minimum atomic E-state index is -0.361. The average molecular weight is 336 g/mol. The van der Waals surface area contributed by atoms with Gasteiger partial charge in [0.25, 0.3) is 11.1 Å². The van der Waals surface area contributed by atoms with Crippen molar-refractivity contribution in [2.45, 2.75) is 20.3 Å². The van der Waals surface area contributed by atoms with E-state index in [2.05, 4.69) is 33.8 Å². The van der Waals surface area contributed by atoms with Crippen molar-refractivity contribution in [3.63, 3.8) is 0 Å². The van der Waals surface area contributed by atoms with Crippen molar-refractivity contribution >= 4 is 12.2 Å². The zero-order valence-electron chi connectivity index (χ0n) is 14.2. The minimum absolute atomic E-state index is 0.187. The number of nitrogens with zero attached hydrogens (tertiary/aromatic N) is 1. The Kier molecular flexibility index (Phi) is 4.79. The second-order valence-corrected chi connectivity index (χ2v) is 6.30. The number of imidazole rings is 1. The maximum Gasteiger partial charge on any atom is 0.272 e. The molecule has 3 aromatic rings. The number of nitrogens with one attached hydrogen (secondary N) is 3. The lowest BCUT2D eigenvalue weighted by molar-refractivity contribution is 0.637. The predicted octanol–water partition coefficient (Wildman–Crippen LogP) is 0.642. The maximum absolute atomic E-state index is 12.3. The van der Waals surface area contributed by atoms with Gasteiger partial charge >= 0.3 is 0 Å². The van der Waals surface area contributed by atoms with Gasteiger partial charge in [-0.25, -0.2) is 4.98 Å². The van der Waals surface area contributed by atoms with Crippen LogP contribution < -0.4 is 21.8 Å². The van der Waals surface area contributed by atoms with Crippen LogP contribution in [0.1, 0.15) is 30.8 Å². The lowest BCUT2D eigenvalue weighted by Gasteiger charge is -2.02. The fourth-order valence-corrected chi connectivity index (χ4v) is 2.58. The van der Waals surface area contributed by atoms with Crippen LogP contribution in [0.4, 0.5) is 0 Å². The second-order valence-electron chi connectivity index (χ2n) is 6.30. The van der Waals surface area contributed by atoms with Crippen LogP contribution in [0.25, 0.3) is 12.2 Å². The van der Waals surface area contributed by atoms with Gasteiger partial charge in [0.2, 0.25) is 0 Å². The molecule has 3 rings (SSSR count). The predicted molar refractivity (Wildman–Crippen MR) is 97.6 cm³/mol. The smallest absolute Gasteiger partial charge is 0.272 e. The van der Waals surface area contributed by atoms with Crippen molar-refractivity contribution in [2.75, 3.05) is 0 Å². The summed E-state index contributed by atoms with van der Waals surface area (Å²) in [5.41, 5.74) is 1.73. The Morgan fingerprint density at radius 2 is 1.64 bits per heavy atom. The van der Waals surface area contributed by atoms with Crippen LogP contribution in [-0.2, 0) is 6.42 Å². The first kappa shape index (κ1) is 16.7. The zero-order valence-corrected chi connectivity index (χ0v) is 14.2. The molecule has 128 valence electrons. The van der Waals surface area contributed by atoms with Gasteiger partial charge in [0, 0.05) is 5.69 Å². The molecule has 0 unspecified atom stereocenters. The molecular weight excluding hydrogens is 316 g/mol. The molecule has 0 saturated heterocycles. The topological polar surface area (TPSA) is 94.4 Å². The van der Waals surface area contributed by atoms with Crippen molar-refractivity contribution in [1.29, 1.82) is 0 Å². The molecule has 1 aromatic carbocycles. The molecular formula is C19H20N4O2. The molecule has 6 nitrogen and oxygen atoms in total. The molecule has 0 bridgehead atoms. The fraction of sp³-hybridized carbons (Fsp3) is 0.211. The van der Waals surface area contributed by atoms with Crippen LogP contribution >= 0.6 is 0 Å². The Balaban J connectivity index is 2.07. The summed E-state index contributed by atoms with van der Waals surface area (Å²) in [6.45, 7) is 4.21. The van der Waals surface area contributed by atoms with Crippen LogP contribution in [0.5, 0.6) is 0 Å². The van der Waals surface area contributed by atoms with Crippen molar-refractivity contribution in [3.05, 3.63) is 85.0 Å². The molecule has 0 atom stereocenters. The summed E-state index contributed by atoms with van der Waals surface area (Å²) in [6.07, 6.45) is 5.64. The molecule has 0 spiro atoms. The van der Waals surface area contributed by atoms with Crippen molar-refractivity contribution < 1.29 is 0 Å². The number of rotatable bonds is 4. The first-order valence-corrected chi connectivity index (χ1v) is 8.16. The van der Waals surface area contributed by atoms with Gasteiger partial charge in [-0.1, -0.05) is 44.2 Å². The number of aromatic nitrogens is 4. The first-order chi connectivity index (χ1) is 12.0. The molecule has 0 aliphatic carbocycles. The Labute approximate surface area is 144 Å². The average Bonchev–Trinajstić information content (AvgIpc) is 2.99. The zero-order chi connectivity index (χ0) is 17.8. The molecule has 0 saturated carbocycles. The Morgan fingerprint density at radius 3 is 2.28 bits per heavy atom. The third-order valence-corrected chi connectivity index (χ3v) is 3.74. The van der Waals surface area contributed by atoms with Crippen molar-refractivity contribution in [3.8, 4) is 0 Å². The summed E-state index contributed by atoms with van der Waals surface area (Å²) in [6, 6.07) is 9.35. The highest BCUT2D eigenvalue weighted by molar-refractivity contribution is 5.48. The Morgan fingerprint density at radius 1 is 1.00 bits per heavy atom. The summed E-state index contributed by atoms with van der Waals surface area (Å²) >= 11 is 0. The summed E-state index contributed by atoms with van der Waals surface area (Å²) in [7, 11) is 0. The molecule has 0 fully saturated rings. The molecule has 0 amide bonds. The van der Waals surface area contributed by atoms with E-state index in [1.807, 2.05) is 30.3 Å². The summed E-state index contributed by atoms with van der Waals surface area (Å²) in [5.74, 6) is 0.452. The van der Waals surface area contributed by atoms with Gasteiger partial charge in [0.1, 0.15) is 10.7 Å². The van der Waals surface area contributed by atoms with E-state index in [9.17, 15) is 9.59 Å². The van der Waals surface area contributed by atoms with Crippen LogP contribution in [0.15, 0.2) is 46.2 Å². The van der Waals surface area contributed by atoms with E-state index in [1.54, 1.807) is 18.5 Å². The van der Waals surface area contributed by atoms with Gasteiger partial charge in [-0.05, 0) is 30.1 Å². The van der Waals surface area contributed by atoms with Gasteiger partial charge in [0.15, 0.2) is 0 Å². The number of aromatic amines is 3. The lowest BCUT2D eigenvalue weighted by atomic mass is 10.1. The van der Waals surface area contributed by atoms with Gasteiger partial charge in [-0.2, -0.15) is 0 Å².